The smallest absolute Gasteiger partial charge is 0.407 e. The number of hydrogen-bond acceptors (Lipinski definition) is 3. The molecule has 2 aliphatic rings. The van der Waals surface area contributed by atoms with E-state index in [1.54, 1.807) is 0 Å². The van der Waals surface area contributed by atoms with Crippen molar-refractivity contribution in [3.05, 3.63) is 59.7 Å². The second-order valence-corrected chi connectivity index (χ2v) is 8.94. The zero-order valence-corrected chi connectivity index (χ0v) is 17.4. The summed E-state index contributed by atoms with van der Waals surface area (Å²) < 4.78 is 5.53. The second-order valence-electron chi connectivity index (χ2n) is 8.94. The molecule has 0 radical (unpaired) electrons. The van der Waals surface area contributed by atoms with Crippen molar-refractivity contribution < 1.29 is 19.4 Å². The Bertz CT molecular complexity index is 887. The Hall–Kier alpha value is -2.82. The fourth-order valence-corrected chi connectivity index (χ4v) is 5.08. The molecule has 1 saturated carbocycles. The third kappa shape index (κ3) is 4.20. The number of ether oxygens (including phenoxy) is 1. The van der Waals surface area contributed by atoms with Gasteiger partial charge in [-0.1, -0.05) is 74.7 Å². The summed E-state index contributed by atoms with van der Waals surface area (Å²) in [6.07, 6.45) is 5.22. The van der Waals surface area contributed by atoms with Crippen LogP contribution >= 0.6 is 0 Å². The highest BCUT2D eigenvalue weighted by Gasteiger charge is 2.34. The highest BCUT2D eigenvalue weighted by atomic mass is 16.5. The fourth-order valence-electron chi connectivity index (χ4n) is 5.08. The quantitative estimate of drug-likeness (QED) is 0.678. The average molecular weight is 408 g/mol. The molecule has 5 nitrogen and oxygen atoms in total. The summed E-state index contributed by atoms with van der Waals surface area (Å²) in [4.78, 5) is 24.3. The van der Waals surface area contributed by atoms with Crippen LogP contribution in [0.5, 0.6) is 0 Å². The lowest BCUT2D eigenvalue weighted by Crippen LogP contribution is -2.44. The van der Waals surface area contributed by atoms with Crippen LogP contribution < -0.4 is 5.32 Å². The maximum Gasteiger partial charge on any atom is 0.407 e. The molecule has 2 N–H and O–H groups in total. The highest BCUT2D eigenvalue weighted by Crippen LogP contribution is 2.44. The number of aliphatic carboxylic acids is 1. The topological polar surface area (TPSA) is 75.6 Å². The zero-order chi connectivity index (χ0) is 21.1. The maximum atomic E-state index is 12.5. The first-order valence-electron chi connectivity index (χ1n) is 10.8. The first-order chi connectivity index (χ1) is 14.5. The van der Waals surface area contributed by atoms with Gasteiger partial charge in [0.15, 0.2) is 0 Å². The van der Waals surface area contributed by atoms with Gasteiger partial charge < -0.3 is 15.2 Å². The molecule has 1 fully saturated rings. The Labute approximate surface area is 177 Å². The first-order valence-corrected chi connectivity index (χ1v) is 10.8. The summed E-state index contributed by atoms with van der Waals surface area (Å²) in [6, 6.07) is 15.4. The van der Waals surface area contributed by atoms with Crippen LogP contribution in [0, 0.1) is 5.41 Å². The van der Waals surface area contributed by atoms with Crippen LogP contribution in [0.25, 0.3) is 11.1 Å². The lowest BCUT2D eigenvalue weighted by atomic mass is 9.72. The van der Waals surface area contributed by atoms with Gasteiger partial charge in [0.2, 0.25) is 0 Å². The predicted octanol–water partition coefficient (Wildman–Crippen LogP) is 5.34. The zero-order valence-electron chi connectivity index (χ0n) is 17.4. The van der Waals surface area contributed by atoms with Gasteiger partial charge >= 0.3 is 12.1 Å². The minimum atomic E-state index is -1.00. The van der Waals surface area contributed by atoms with Crippen molar-refractivity contribution in [2.45, 2.75) is 57.4 Å². The number of hydrogen-bond donors (Lipinski definition) is 2. The molecular formula is C25H29NO4. The van der Waals surface area contributed by atoms with Crippen molar-refractivity contribution in [2.75, 3.05) is 6.61 Å². The summed E-state index contributed by atoms with van der Waals surface area (Å²) in [7, 11) is 0. The number of nitrogens with one attached hydrogen (secondary N) is 1. The molecule has 0 bridgehead atoms. The number of carbonyl (C=O) groups is 2. The third-order valence-corrected chi connectivity index (χ3v) is 6.69. The van der Waals surface area contributed by atoms with E-state index in [1.165, 1.54) is 6.42 Å². The van der Waals surface area contributed by atoms with E-state index >= 15 is 0 Å². The molecule has 30 heavy (non-hydrogen) atoms. The average Bonchev–Trinajstić information content (AvgIpc) is 3.06. The number of rotatable bonds is 6. The number of carbonyl (C=O) groups excluding carboxylic acids is 1. The van der Waals surface area contributed by atoms with Gasteiger partial charge in [0.1, 0.15) is 12.6 Å². The molecule has 0 spiro atoms. The van der Waals surface area contributed by atoms with E-state index in [0.29, 0.717) is 6.42 Å². The van der Waals surface area contributed by atoms with Gasteiger partial charge in [0.25, 0.3) is 0 Å². The van der Waals surface area contributed by atoms with Crippen LogP contribution in [0.1, 0.15) is 62.5 Å². The minimum absolute atomic E-state index is 0.0395. The summed E-state index contributed by atoms with van der Waals surface area (Å²) in [5.41, 5.74) is 4.55. The fraction of sp³-hybridized carbons (Fsp3) is 0.440. The molecule has 0 saturated heterocycles. The van der Waals surface area contributed by atoms with Crippen molar-refractivity contribution in [1.82, 2.24) is 5.32 Å². The normalized spacial score (nSPS) is 18.2. The van der Waals surface area contributed by atoms with Crippen LogP contribution in [0.15, 0.2) is 48.5 Å². The lowest BCUT2D eigenvalue weighted by molar-refractivity contribution is -0.140. The molecule has 2 aliphatic carbocycles. The van der Waals surface area contributed by atoms with Gasteiger partial charge in [-0.15, -0.1) is 0 Å². The van der Waals surface area contributed by atoms with Crippen LogP contribution in [0.3, 0.4) is 0 Å². The summed E-state index contributed by atoms with van der Waals surface area (Å²) in [5, 5.41) is 12.2. The maximum absolute atomic E-state index is 12.5. The Morgan fingerprint density at radius 3 is 2.17 bits per heavy atom. The van der Waals surface area contributed by atoms with E-state index in [2.05, 4.69) is 36.5 Å². The number of carboxylic acid groups (broad SMARTS) is 1. The molecule has 1 amide bonds. The number of benzene rings is 2. The molecule has 0 heterocycles. The molecule has 4 rings (SSSR count). The molecule has 0 aromatic heterocycles. The van der Waals surface area contributed by atoms with E-state index in [4.69, 9.17) is 4.74 Å². The molecule has 0 unspecified atom stereocenters. The highest BCUT2D eigenvalue weighted by molar-refractivity contribution is 5.81. The minimum Gasteiger partial charge on any atom is -0.480 e. The molecule has 158 valence electrons. The van der Waals surface area contributed by atoms with Gasteiger partial charge in [0.05, 0.1) is 0 Å². The number of alkyl carbamates (subject to hydrolysis) is 1. The van der Waals surface area contributed by atoms with Crippen molar-refractivity contribution >= 4 is 12.1 Å². The van der Waals surface area contributed by atoms with Gasteiger partial charge in [-0.3, -0.25) is 0 Å². The van der Waals surface area contributed by atoms with Crippen LogP contribution in [0.2, 0.25) is 0 Å². The Balaban J connectivity index is 1.41. The Morgan fingerprint density at radius 1 is 1.03 bits per heavy atom. The van der Waals surface area contributed by atoms with Crippen molar-refractivity contribution in [3.63, 3.8) is 0 Å². The second kappa shape index (κ2) is 8.50. The molecule has 2 aromatic carbocycles. The lowest BCUT2D eigenvalue weighted by Gasteiger charge is -2.35. The molecule has 0 aliphatic heterocycles. The SMILES string of the molecule is CC1(C[C@@H](NC(=O)OCC2c3ccccc3-c3ccccc32)C(=O)O)CCCCC1. The third-order valence-electron chi connectivity index (χ3n) is 6.69. The van der Waals surface area contributed by atoms with E-state index in [9.17, 15) is 14.7 Å². The monoisotopic (exact) mass is 407 g/mol. The summed E-state index contributed by atoms with van der Waals surface area (Å²) in [5.74, 6) is -1.04. The molecule has 5 heteroatoms. The molecular weight excluding hydrogens is 378 g/mol. The number of amides is 1. The van der Waals surface area contributed by atoms with Crippen LogP contribution in [-0.4, -0.2) is 29.8 Å². The van der Waals surface area contributed by atoms with Crippen molar-refractivity contribution in [2.24, 2.45) is 5.41 Å². The van der Waals surface area contributed by atoms with Crippen molar-refractivity contribution in [3.8, 4) is 11.1 Å². The van der Waals surface area contributed by atoms with Gasteiger partial charge in [-0.25, -0.2) is 9.59 Å². The largest absolute Gasteiger partial charge is 0.480 e. The van der Waals surface area contributed by atoms with E-state index in [-0.39, 0.29) is 17.9 Å². The van der Waals surface area contributed by atoms with E-state index in [0.717, 1.165) is 47.9 Å². The van der Waals surface area contributed by atoms with Crippen molar-refractivity contribution in [1.29, 1.82) is 0 Å². The van der Waals surface area contributed by atoms with Gasteiger partial charge in [-0.05, 0) is 46.9 Å². The Kier molecular flexibility index (Phi) is 5.80. The van der Waals surface area contributed by atoms with Crippen LogP contribution in [0.4, 0.5) is 4.79 Å². The summed E-state index contributed by atoms with van der Waals surface area (Å²) in [6.45, 7) is 2.31. The van der Waals surface area contributed by atoms with E-state index < -0.39 is 18.1 Å². The Morgan fingerprint density at radius 2 is 1.60 bits per heavy atom. The number of fused-ring (bicyclic) bond motifs is 3. The molecule has 2 aromatic rings. The molecule has 1 atom stereocenters. The van der Waals surface area contributed by atoms with Gasteiger partial charge in [0, 0.05) is 5.92 Å². The van der Waals surface area contributed by atoms with E-state index in [1.807, 2.05) is 24.3 Å². The predicted molar refractivity (Wildman–Crippen MR) is 115 cm³/mol. The standard InChI is InChI=1S/C25H29NO4/c1-25(13-7-2-8-14-25)15-22(23(27)28)26-24(29)30-16-21-19-11-5-3-9-17(19)18-10-4-6-12-20(18)21/h3-6,9-12,21-22H,2,7-8,13-16H2,1H3,(H,26,29)(H,27,28)/t22-/m1/s1. The van der Waals surface area contributed by atoms with Crippen LogP contribution in [-0.2, 0) is 9.53 Å². The number of carboxylic acids is 1. The summed E-state index contributed by atoms with van der Waals surface area (Å²) >= 11 is 0. The van der Waals surface area contributed by atoms with Gasteiger partial charge in [-0.2, -0.15) is 0 Å². The first kappa shape index (κ1) is 20.5.